The summed E-state index contributed by atoms with van der Waals surface area (Å²) in [4.78, 5) is 49.2. The van der Waals surface area contributed by atoms with Gasteiger partial charge in [-0.05, 0) is 50.1 Å². The van der Waals surface area contributed by atoms with Gasteiger partial charge in [-0.15, -0.1) is 0 Å². The molecule has 2 aliphatic heterocycles. The highest BCUT2D eigenvalue weighted by atomic mass is 16.6. The lowest BCUT2D eigenvalue weighted by molar-refractivity contribution is -0.384. The predicted octanol–water partition coefficient (Wildman–Crippen LogP) is 3.94. The average Bonchev–Trinajstić information content (AvgIpc) is 2.96. The van der Waals surface area contributed by atoms with Crippen molar-refractivity contribution in [1.82, 2.24) is 0 Å². The third-order valence-corrected chi connectivity index (χ3v) is 5.23. The van der Waals surface area contributed by atoms with E-state index in [-0.39, 0.29) is 17.0 Å². The lowest BCUT2D eigenvalue weighted by Gasteiger charge is -2.38. The summed E-state index contributed by atoms with van der Waals surface area (Å²) >= 11 is 0. The normalized spacial score (nSPS) is 16.4. The van der Waals surface area contributed by atoms with Crippen LogP contribution in [0.3, 0.4) is 0 Å². The van der Waals surface area contributed by atoms with Gasteiger partial charge in [-0.3, -0.25) is 24.6 Å². The molecule has 1 amide bonds. The van der Waals surface area contributed by atoms with Crippen molar-refractivity contribution in [2.24, 2.45) is 0 Å². The molecule has 0 aromatic heterocycles. The Morgan fingerprint density at radius 1 is 1.16 bits per heavy atom. The molecule has 0 aliphatic carbocycles. The Morgan fingerprint density at radius 2 is 1.87 bits per heavy atom. The number of non-ortho nitro benzene ring substituents is 1. The molecule has 156 valence electrons. The number of Topliss-reactive ketones (excluding diaryl/α,β-unsaturated/α-hetero) is 1. The van der Waals surface area contributed by atoms with Gasteiger partial charge >= 0.3 is 5.97 Å². The molecule has 0 saturated heterocycles. The number of nitrogens with zero attached hydrogens (tertiary/aromatic N) is 2. The number of ether oxygens (including phenoxy) is 1. The molecule has 0 N–H and O–H groups in total. The maximum atomic E-state index is 12.6. The van der Waals surface area contributed by atoms with Gasteiger partial charge in [0.15, 0.2) is 0 Å². The van der Waals surface area contributed by atoms with Crippen LogP contribution in [0.5, 0.6) is 5.75 Å². The molecule has 4 rings (SSSR count). The van der Waals surface area contributed by atoms with E-state index in [1.165, 1.54) is 35.2 Å². The fourth-order valence-corrected chi connectivity index (χ4v) is 3.98. The molecule has 0 fully saturated rings. The molecule has 0 radical (unpaired) electrons. The summed E-state index contributed by atoms with van der Waals surface area (Å²) in [5, 5.41) is 10.9. The van der Waals surface area contributed by atoms with Crippen molar-refractivity contribution < 1.29 is 24.0 Å². The van der Waals surface area contributed by atoms with Gasteiger partial charge in [0.2, 0.25) is 0 Å². The third kappa shape index (κ3) is 3.42. The van der Waals surface area contributed by atoms with Gasteiger partial charge < -0.3 is 4.74 Å². The van der Waals surface area contributed by atoms with Gasteiger partial charge in [-0.1, -0.05) is 18.2 Å². The van der Waals surface area contributed by atoms with Crippen molar-refractivity contribution in [3.63, 3.8) is 0 Å². The Hall–Kier alpha value is -4.07. The van der Waals surface area contributed by atoms with Crippen LogP contribution in [-0.2, 0) is 9.59 Å². The number of amides is 1. The Balaban J connectivity index is 1.63. The van der Waals surface area contributed by atoms with Crippen molar-refractivity contribution >= 4 is 40.7 Å². The third-order valence-electron chi connectivity index (χ3n) is 5.23. The van der Waals surface area contributed by atoms with Gasteiger partial charge in [0, 0.05) is 23.8 Å². The number of carbonyl (C=O) groups is 3. The molecule has 0 saturated carbocycles. The lowest BCUT2D eigenvalue weighted by atomic mass is 9.89. The van der Waals surface area contributed by atoms with Crippen molar-refractivity contribution in [2.75, 3.05) is 4.90 Å². The van der Waals surface area contributed by atoms with E-state index in [2.05, 4.69) is 0 Å². The van der Waals surface area contributed by atoms with Crippen molar-refractivity contribution in [3.8, 4) is 5.75 Å². The average molecular weight is 418 g/mol. The number of anilines is 1. The van der Waals surface area contributed by atoms with Gasteiger partial charge in [0.05, 0.1) is 21.7 Å². The topological polar surface area (TPSA) is 107 Å². The van der Waals surface area contributed by atoms with E-state index >= 15 is 0 Å². The number of carbonyl (C=O) groups excluding carboxylic acids is 3. The van der Waals surface area contributed by atoms with Crippen LogP contribution in [0.4, 0.5) is 11.4 Å². The highest BCUT2D eigenvalue weighted by molar-refractivity contribution is 6.53. The van der Waals surface area contributed by atoms with Gasteiger partial charge in [-0.25, -0.2) is 4.79 Å². The van der Waals surface area contributed by atoms with E-state index in [0.29, 0.717) is 16.8 Å². The molecule has 2 heterocycles. The molecule has 0 unspecified atom stereocenters. The number of nitro groups is 1. The van der Waals surface area contributed by atoms with E-state index in [0.717, 1.165) is 11.6 Å². The molecule has 0 spiro atoms. The largest absolute Gasteiger partial charge is 0.423 e. The highest BCUT2D eigenvalue weighted by Crippen LogP contribution is 2.46. The zero-order valence-corrected chi connectivity index (χ0v) is 17.0. The molecule has 2 aromatic carbocycles. The SMILES string of the molecule is CC1=CC(C)(C)N2C(=O)C(=O)c3cc(OC(=O)C=Cc4cccc([N+](=O)[O-])c4)cc1c32. The van der Waals surface area contributed by atoms with Gasteiger partial charge in [-0.2, -0.15) is 0 Å². The number of allylic oxidation sites excluding steroid dienone is 1. The van der Waals surface area contributed by atoms with Crippen LogP contribution in [0, 0.1) is 10.1 Å². The minimum atomic E-state index is -0.718. The predicted molar refractivity (Wildman–Crippen MR) is 114 cm³/mol. The molecule has 2 aliphatic rings. The summed E-state index contributed by atoms with van der Waals surface area (Å²) in [6, 6.07) is 8.83. The molecule has 8 heteroatoms. The summed E-state index contributed by atoms with van der Waals surface area (Å²) in [5.74, 6) is -1.83. The van der Waals surface area contributed by atoms with Crippen molar-refractivity contribution in [3.05, 3.63) is 75.4 Å². The Labute approximate surface area is 177 Å². The monoisotopic (exact) mass is 418 g/mol. The Bertz CT molecular complexity index is 1240. The van der Waals surface area contributed by atoms with Gasteiger partial charge in [0.1, 0.15) is 5.75 Å². The van der Waals surface area contributed by atoms with Crippen LogP contribution < -0.4 is 9.64 Å². The van der Waals surface area contributed by atoms with E-state index < -0.39 is 28.1 Å². The van der Waals surface area contributed by atoms with E-state index in [9.17, 15) is 24.5 Å². The molecule has 2 aromatic rings. The first-order chi connectivity index (χ1) is 14.6. The summed E-state index contributed by atoms with van der Waals surface area (Å²) in [6.07, 6.45) is 4.43. The zero-order valence-electron chi connectivity index (χ0n) is 17.0. The maximum Gasteiger partial charge on any atom is 0.336 e. The van der Waals surface area contributed by atoms with Gasteiger partial charge in [0.25, 0.3) is 17.4 Å². The number of ketones is 1. The molecule has 0 bridgehead atoms. The fourth-order valence-electron chi connectivity index (χ4n) is 3.98. The summed E-state index contributed by atoms with van der Waals surface area (Å²) in [6.45, 7) is 5.58. The number of benzene rings is 2. The highest BCUT2D eigenvalue weighted by Gasteiger charge is 2.46. The molecular formula is C23H18N2O6. The first-order valence-corrected chi connectivity index (χ1v) is 9.49. The maximum absolute atomic E-state index is 12.6. The quantitative estimate of drug-likeness (QED) is 0.186. The lowest BCUT2D eigenvalue weighted by Crippen LogP contribution is -2.47. The second kappa shape index (κ2) is 7.02. The first kappa shape index (κ1) is 20.2. The second-order valence-corrected chi connectivity index (χ2v) is 7.92. The molecule has 0 atom stereocenters. The smallest absolute Gasteiger partial charge is 0.336 e. The first-order valence-electron chi connectivity index (χ1n) is 9.49. The summed E-state index contributed by atoms with van der Waals surface area (Å²) in [5.41, 5.74) is 1.99. The van der Waals surface area contributed by atoms with Crippen LogP contribution >= 0.6 is 0 Å². The molecule has 8 nitrogen and oxygen atoms in total. The molecule has 31 heavy (non-hydrogen) atoms. The number of nitro benzene ring substituents is 1. The minimum absolute atomic E-state index is 0.0915. The van der Waals surface area contributed by atoms with Crippen molar-refractivity contribution in [1.29, 1.82) is 0 Å². The Morgan fingerprint density at radius 3 is 2.58 bits per heavy atom. The minimum Gasteiger partial charge on any atom is -0.423 e. The fraction of sp³-hybridized carbons (Fsp3) is 0.174. The van der Waals surface area contributed by atoms with Crippen LogP contribution in [0.25, 0.3) is 11.6 Å². The van der Waals surface area contributed by atoms with E-state index in [1.54, 1.807) is 12.1 Å². The summed E-state index contributed by atoms with van der Waals surface area (Å²) in [7, 11) is 0. The Kier molecular flexibility index (Phi) is 4.57. The number of hydrogen-bond acceptors (Lipinski definition) is 6. The number of esters is 1. The second-order valence-electron chi connectivity index (χ2n) is 7.92. The summed E-state index contributed by atoms with van der Waals surface area (Å²) < 4.78 is 5.36. The molecular weight excluding hydrogens is 400 g/mol. The van der Waals surface area contributed by atoms with Crippen LogP contribution in [0.15, 0.2) is 48.6 Å². The van der Waals surface area contributed by atoms with Crippen LogP contribution in [0.1, 0.15) is 42.3 Å². The van der Waals surface area contributed by atoms with E-state index in [1.807, 2.05) is 26.8 Å². The van der Waals surface area contributed by atoms with Crippen LogP contribution in [-0.4, -0.2) is 28.1 Å². The van der Waals surface area contributed by atoms with Crippen molar-refractivity contribution in [2.45, 2.75) is 26.3 Å². The standard InChI is InChI=1S/C23H18N2O6/c1-13-12-23(2,3)24-20-17(13)10-16(11-18(20)21(27)22(24)28)31-19(26)8-7-14-5-4-6-15(9-14)25(29)30/h4-12H,1-3H3. The number of hydrogen-bond donors (Lipinski definition) is 0. The number of rotatable bonds is 4. The van der Waals surface area contributed by atoms with E-state index in [4.69, 9.17) is 4.74 Å². The van der Waals surface area contributed by atoms with Crippen LogP contribution in [0.2, 0.25) is 0 Å². The zero-order chi connectivity index (χ0) is 22.5.